The molecule has 34 heavy (non-hydrogen) atoms. The number of pyridine rings is 1. The van der Waals surface area contributed by atoms with Gasteiger partial charge in [-0.05, 0) is 61.2 Å². The van der Waals surface area contributed by atoms with Crippen molar-refractivity contribution in [3.05, 3.63) is 64.9 Å². The van der Waals surface area contributed by atoms with Crippen molar-refractivity contribution in [1.82, 2.24) is 14.3 Å². The lowest BCUT2D eigenvalue weighted by Gasteiger charge is -2.17. The molecule has 1 unspecified atom stereocenters. The van der Waals surface area contributed by atoms with Crippen LogP contribution >= 0.6 is 11.3 Å². The Morgan fingerprint density at radius 2 is 1.97 bits per heavy atom. The number of alkyl halides is 3. The maximum Gasteiger partial charge on any atom is 0.404 e. The molecule has 0 saturated heterocycles. The second-order valence-electron chi connectivity index (χ2n) is 7.50. The SMILES string of the molecule is Cc1cc2c(cc1F)c(C#N)c(-c1ccc(S(=O)(=O)NC(C)C(F)(F)F)cn1)n2-c1cccs1. The number of aromatic nitrogens is 2. The normalized spacial score (nSPS) is 13.2. The Balaban J connectivity index is 1.88. The van der Waals surface area contributed by atoms with E-state index in [1.807, 2.05) is 5.38 Å². The molecule has 1 atom stereocenters. The minimum absolute atomic E-state index is 0.134. The minimum atomic E-state index is -4.75. The van der Waals surface area contributed by atoms with E-state index in [0.29, 0.717) is 34.1 Å². The molecule has 0 radical (unpaired) electrons. The number of halogens is 4. The van der Waals surface area contributed by atoms with E-state index >= 15 is 0 Å². The third-order valence-corrected chi connectivity index (χ3v) is 7.58. The Labute approximate surface area is 196 Å². The number of nitrogens with zero attached hydrogens (tertiary/aromatic N) is 3. The summed E-state index contributed by atoms with van der Waals surface area (Å²) in [7, 11) is -4.50. The summed E-state index contributed by atoms with van der Waals surface area (Å²) in [6.45, 7) is 2.29. The van der Waals surface area contributed by atoms with Crippen molar-refractivity contribution < 1.29 is 26.0 Å². The van der Waals surface area contributed by atoms with Crippen LogP contribution in [0.1, 0.15) is 18.1 Å². The van der Waals surface area contributed by atoms with E-state index < -0.39 is 33.0 Å². The number of fused-ring (bicyclic) bond motifs is 1. The molecular weight excluding hydrogens is 492 g/mol. The van der Waals surface area contributed by atoms with Gasteiger partial charge in [-0.1, -0.05) is 0 Å². The van der Waals surface area contributed by atoms with Crippen LogP contribution < -0.4 is 4.72 Å². The summed E-state index contributed by atoms with van der Waals surface area (Å²) in [6, 6.07) is 8.66. The Morgan fingerprint density at radius 1 is 1.24 bits per heavy atom. The Kier molecular flexibility index (Phi) is 5.97. The van der Waals surface area contributed by atoms with Crippen LogP contribution in [0, 0.1) is 24.1 Å². The number of hydrogen-bond donors (Lipinski definition) is 1. The first kappa shape index (κ1) is 23.9. The van der Waals surface area contributed by atoms with Gasteiger partial charge in [-0.25, -0.2) is 12.8 Å². The third kappa shape index (κ3) is 4.18. The lowest BCUT2D eigenvalue weighted by atomic mass is 10.1. The highest BCUT2D eigenvalue weighted by atomic mass is 32.2. The number of thiophene rings is 1. The summed E-state index contributed by atoms with van der Waals surface area (Å²) in [6.07, 6.45) is -3.83. The van der Waals surface area contributed by atoms with Crippen molar-refractivity contribution in [2.24, 2.45) is 0 Å². The van der Waals surface area contributed by atoms with Crippen LogP contribution in [-0.4, -0.2) is 30.2 Å². The van der Waals surface area contributed by atoms with Gasteiger partial charge in [0.25, 0.3) is 0 Å². The molecule has 0 aliphatic heterocycles. The Morgan fingerprint density at radius 3 is 2.53 bits per heavy atom. The molecule has 0 bridgehead atoms. The topological polar surface area (TPSA) is 87.8 Å². The predicted molar refractivity (Wildman–Crippen MR) is 120 cm³/mol. The van der Waals surface area contributed by atoms with E-state index in [9.17, 15) is 31.2 Å². The summed E-state index contributed by atoms with van der Waals surface area (Å²) in [4.78, 5) is 3.68. The fourth-order valence-corrected chi connectivity index (χ4v) is 5.36. The fraction of sp³-hybridized carbons (Fsp3) is 0.182. The third-order valence-electron chi connectivity index (χ3n) is 5.20. The highest BCUT2D eigenvalue weighted by Crippen LogP contribution is 2.37. The van der Waals surface area contributed by atoms with Crippen LogP contribution in [0.15, 0.2) is 52.9 Å². The summed E-state index contributed by atoms with van der Waals surface area (Å²) in [5.74, 6) is -0.488. The molecular formula is C22H16F4N4O2S2. The molecule has 4 rings (SSSR count). The van der Waals surface area contributed by atoms with Gasteiger partial charge in [-0.2, -0.15) is 23.2 Å². The molecule has 4 aromatic rings. The highest BCUT2D eigenvalue weighted by Gasteiger charge is 2.39. The van der Waals surface area contributed by atoms with Gasteiger partial charge in [-0.15, -0.1) is 11.3 Å². The first-order valence-electron chi connectivity index (χ1n) is 9.78. The zero-order chi connectivity index (χ0) is 24.8. The summed E-state index contributed by atoms with van der Waals surface area (Å²) >= 11 is 1.37. The number of nitrogens with one attached hydrogen (secondary N) is 1. The van der Waals surface area contributed by atoms with Crippen LogP contribution in [0.25, 0.3) is 27.3 Å². The summed E-state index contributed by atoms with van der Waals surface area (Å²) in [5, 5.41) is 12.8. The van der Waals surface area contributed by atoms with Crippen molar-refractivity contribution in [1.29, 1.82) is 5.26 Å². The quantitative estimate of drug-likeness (QED) is 0.371. The van der Waals surface area contributed by atoms with Gasteiger partial charge < -0.3 is 0 Å². The van der Waals surface area contributed by atoms with Crippen LogP contribution in [-0.2, 0) is 10.0 Å². The number of nitriles is 1. The number of benzene rings is 1. The average molecular weight is 509 g/mol. The lowest BCUT2D eigenvalue weighted by molar-refractivity contribution is -0.147. The Bertz CT molecular complexity index is 1520. The molecule has 6 nitrogen and oxygen atoms in total. The van der Waals surface area contributed by atoms with Crippen LogP contribution in [0.5, 0.6) is 0 Å². The highest BCUT2D eigenvalue weighted by molar-refractivity contribution is 7.89. The van der Waals surface area contributed by atoms with Gasteiger partial charge >= 0.3 is 6.18 Å². The van der Waals surface area contributed by atoms with Crippen molar-refractivity contribution in [2.45, 2.75) is 31.0 Å². The number of hydrogen-bond acceptors (Lipinski definition) is 5. The monoisotopic (exact) mass is 508 g/mol. The largest absolute Gasteiger partial charge is 0.404 e. The van der Waals surface area contributed by atoms with E-state index in [2.05, 4.69) is 11.1 Å². The molecule has 1 aromatic carbocycles. The molecule has 0 fully saturated rings. The smallest absolute Gasteiger partial charge is 0.298 e. The average Bonchev–Trinajstić information content (AvgIpc) is 3.39. The van der Waals surface area contributed by atoms with E-state index in [-0.39, 0.29) is 11.3 Å². The van der Waals surface area contributed by atoms with Crippen LogP contribution in [0.3, 0.4) is 0 Å². The molecule has 3 aromatic heterocycles. The van der Waals surface area contributed by atoms with Crippen LogP contribution in [0.4, 0.5) is 17.6 Å². The maximum atomic E-state index is 14.3. The van der Waals surface area contributed by atoms with Gasteiger partial charge in [0.1, 0.15) is 27.8 Å². The molecule has 0 saturated carbocycles. The molecule has 3 heterocycles. The molecule has 176 valence electrons. The van der Waals surface area contributed by atoms with Gasteiger partial charge in [0.05, 0.1) is 22.5 Å². The van der Waals surface area contributed by atoms with Crippen molar-refractivity contribution in [3.63, 3.8) is 0 Å². The van der Waals surface area contributed by atoms with E-state index in [1.54, 1.807) is 34.4 Å². The lowest BCUT2D eigenvalue weighted by Crippen LogP contribution is -2.42. The second-order valence-corrected chi connectivity index (χ2v) is 10.1. The number of rotatable bonds is 5. The zero-order valence-electron chi connectivity index (χ0n) is 17.7. The first-order chi connectivity index (χ1) is 15.9. The number of sulfonamides is 1. The number of aryl methyl sites for hydroxylation is 1. The zero-order valence-corrected chi connectivity index (χ0v) is 19.3. The van der Waals surface area contributed by atoms with E-state index in [0.717, 1.165) is 12.3 Å². The van der Waals surface area contributed by atoms with Crippen molar-refractivity contribution in [3.8, 4) is 22.5 Å². The molecule has 0 amide bonds. The van der Waals surface area contributed by atoms with Crippen molar-refractivity contribution >= 4 is 32.3 Å². The predicted octanol–water partition coefficient (Wildman–Crippen LogP) is 5.30. The first-order valence-corrected chi connectivity index (χ1v) is 12.1. The van der Waals surface area contributed by atoms with Crippen LogP contribution in [0.2, 0.25) is 0 Å². The van der Waals surface area contributed by atoms with Gasteiger partial charge in [0.15, 0.2) is 0 Å². The second kappa shape index (κ2) is 8.50. The molecule has 1 N–H and O–H groups in total. The van der Waals surface area contributed by atoms with Crippen molar-refractivity contribution in [2.75, 3.05) is 0 Å². The van der Waals surface area contributed by atoms with Gasteiger partial charge in [0, 0.05) is 11.6 Å². The standard InChI is InChI=1S/C22H16F4N4O2S2/c1-12-8-19-15(9-17(12)23)16(10-27)21(30(19)20-4-3-7-33-20)18-6-5-14(11-28-18)34(31,32)29-13(2)22(24,25)26/h3-9,11,13,29H,1-2H3. The van der Waals surface area contributed by atoms with E-state index in [1.165, 1.54) is 23.5 Å². The van der Waals surface area contributed by atoms with Gasteiger partial charge in [-0.3, -0.25) is 9.55 Å². The molecule has 0 spiro atoms. The summed E-state index contributed by atoms with van der Waals surface area (Å²) < 4.78 is 80.8. The maximum absolute atomic E-state index is 14.3. The fourth-order valence-electron chi connectivity index (χ4n) is 3.44. The molecule has 0 aliphatic rings. The van der Waals surface area contributed by atoms with E-state index in [4.69, 9.17) is 0 Å². The van der Waals surface area contributed by atoms with Gasteiger partial charge in [0.2, 0.25) is 10.0 Å². The molecule has 12 heteroatoms. The minimum Gasteiger partial charge on any atom is -0.298 e. The Hall–Kier alpha value is -3.27. The summed E-state index contributed by atoms with van der Waals surface area (Å²) in [5.41, 5.74) is 1.58. The molecule has 0 aliphatic carbocycles.